The van der Waals surface area contributed by atoms with E-state index in [-0.39, 0.29) is 37.1 Å². The van der Waals surface area contributed by atoms with E-state index in [1.807, 2.05) is 49.4 Å². The van der Waals surface area contributed by atoms with Crippen molar-refractivity contribution in [1.82, 2.24) is 9.29 Å². The number of benzene rings is 3. The first-order valence-electron chi connectivity index (χ1n) is 12.7. The third kappa shape index (κ3) is 6.51. The van der Waals surface area contributed by atoms with Crippen molar-refractivity contribution in [3.8, 4) is 5.75 Å². The summed E-state index contributed by atoms with van der Waals surface area (Å²) < 4.78 is 44.6. The number of hydrogen-bond acceptors (Lipinski definition) is 8. The lowest BCUT2D eigenvalue weighted by atomic mass is 10.1. The fourth-order valence-corrected chi connectivity index (χ4v) is 6.64. The van der Waals surface area contributed by atoms with Crippen LogP contribution in [0.2, 0.25) is 0 Å². The molecule has 1 aromatic heterocycles. The molecule has 0 saturated carbocycles. The van der Waals surface area contributed by atoms with Crippen LogP contribution in [-0.2, 0) is 26.0 Å². The highest BCUT2D eigenvalue weighted by Gasteiger charge is 2.26. The first-order valence-corrected chi connectivity index (χ1v) is 14.9. The minimum Gasteiger partial charge on any atom is -0.494 e. The first-order chi connectivity index (χ1) is 19.3. The van der Waals surface area contributed by atoms with Crippen LogP contribution in [0.4, 0.5) is 5.13 Å². The van der Waals surface area contributed by atoms with Crippen molar-refractivity contribution in [2.75, 3.05) is 52.5 Å². The molecule has 0 N–H and O–H groups in total. The minimum absolute atomic E-state index is 0.0891. The van der Waals surface area contributed by atoms with Crippen molar-refractivity contribution >= 4 is 42.6 Å². The number of sulfonamides is 1. The Balaban J connectivity index is 1.69. The predicted molar refractivity (Wildman–Crippen MR) is 157 cm³/mol. The number of aryl methyl sites for hydroxylation is 1. The smallest absolute Gasteiger partial charge is 0.260 e. The molecule has 0 aliphatic rings. The Hall–Kier alpha value is -3.35. The summed E-state index contributed by atoms with van der Waals surface area (Å²) in [5.74, 6) is 0.343. The molecular weight excluding hydrogens is 550 g/mol. The van der Waals surface area contributed by atoms with Crippen LogP contribution >= 0.6 is 11.3 Å². The van der Waals surface area contributed by atoms with Gasteiger partial charge in [0.1, 0.15) is 11.3 Å². The number of carbonyl (C=O) groups is 1. The second kappa shape index (κ2) is 13.3. The van der Waals surface area contributed by atoms with Crippen LogP contribution < -0.4 is 9.64 Å². The third-order valence-electron chi connectivity index (χ3n) is 6.40. The minimum atomic E-state index is -3.81. The van der Waals surface area contributed by atoms with Gasteiger partial charge in [0.05, 0.1) is 36.5 Å². The summed E-state index contributed by atoms with van der Waals surface area (Å²) in [6.07, 6.45) is 0. The average Bonchev–Trinajstić information content (AvgIpc) is 3.42. The maximum Gasteiger partial charge on any atom is 0.260 e. The van der Waals surface area contributed by atoms with Gasteiger partial charge in [-0.2, -0.15) is 4.31 Å². The van der Waals surface area contributed by atoms with Gasteiger partial charge in [-0.1, -0.05) is 47.7 Å². The van der Waals surface area contributed by atoms with Gasteiger partial charge in [-0.15, -0.1) is 0 Å². The molecule has 0 fully saturated rings. The molecule has 212 valence electrons. The van der Waals surface area contributed by atoms with Gasteiger partial charge in [0, 0.05) is 32.9 Å². The van der Waals surface area contributed by atoms with E-state index < -0.39 is 10.0 Å². The molecule has 40 heavy (non-hydrogen) atoms. The number of hydrogen-bond donors (Lipinski definition) is 0. The van der Waals surface area contributed by atoms with E-state index in [1.54, 1.807) is 12.0 Å². The molecular formula is C29H33N3O6S2. The lowest BCUT2D eigenvalue weighted by molar-refractivity contribution is 0.0985. The molecule has 3 aromatic carbocycles. The molecule has 1 amide bonds. The van der Waals surface area contributed by atoms with Gasteiger partial charge < -0.3 is 14.2 Å². The van der Waals surface area contributed by atoms with Crippen LogP contribution in [0.25, 0.3) is 10.2 Å². The first kappa shape index (κ1) is 29.6. The van der Waals surface area contributed by atoms with Gasteiger partial charge in [-0.05, 0) is 48.4 Å². The fraction of sp³-hybridized carbons (Fsp3) is 0.310. The molecule has 1 heterocycles. The van der Waals surface area contributed by atoms with Crippen molar-refractivity contribution in [2.24, 2.45) is 0 Å². The molecule has 0 aliphatic heterocycles. The summed E-state index contributed by atoms with van der Waals surface area (Å²) in [6, 6.07) is 19.5. The number of amides is 1. The maximum absolute atomic E-state index is 13.9. The number of rotatable bonds is 13. The summed E-state index contributed by atoms with van der Waals surface area (Å²) in [5, 5.41) is 0.526. The van der Waals surface area contributed by atoms with E-state index in [2.05, 4.69) is 0 Å². The van der Waals surface area contributed by atoms with Crippen LogP contribution in [-0.4, -0.2) is 71.2 Å². The highest BCUT2D eigenvalue weighted by atomic mass is 32.2. The topological polar surface area (TPSA) is 98.3 Å². The average molecular weight is 584 g/mol. The Morgan fingerprint density at radius 1 is 0.900 bits per heavy atom. The second-order valence-corrected chi connectivity index (χ2v) is 12.0. The predicted octanol–water partition coefficient (Wildman–Crippen LogP) is 4.74. The molecule has 9 nitrogen and oxygen atoms in total. The number of nitrogens with zero attached hydrogens (tertiary/aromatic N) is 3. The number of fused-ring (bicyclic) bond motifs is 1. The zero-order chi connectivity index (χ0) is 28.7. The van der Waals surface area contributed by atoms with E-state index in [0.717, 1.165) is 15.8 Å². The Morgan fingerprint density at radius 2 is 1.55 bits per heavy atom. The van der Waals surface area contributed by atoms with Crippen molar-refractivity contribution in [3.63, 3.8) is 0 Å². The lowest BCUT2D eigenvalue weighted by Gasteiger charge is -2.22. The number of carbonyl (C=O) groups excluding carboxylic acids is 1. The van der Waals surface area contributed by atoms with E-state index in [4.69, 9.17) is 19.2 Å². The van der Waals surface area contributed by atoms with Crippen LogP contribution in [0.5, 0.6) is 5.75 Å². The van der Waals surface area contributed by atoms with Crippen LogP contribution in [0.15, 0.2) is 71.6 Å². The second-order valence-electron chi connectivity index (χ2n) is 9.05. The van der Waals surface area contributed by atoms with Gasteiger partial charge in [-0.3, -0.25) is 9.69 Å². The Morgan fingerprint density at radius 3 is 2.15 bits per heavy atom. The Labute approximate surface area is 239 Å². The number of aromatic nitrogens is 1. The molecule has 0 bridgehead atoms. The van der Waals surface area contributed by atoms with Crippen molar-refractivity contribution in [2.45, 2.75) is 18.4 Å². The molecule has 0 atom stereocenters. The fourth-order valence-electron chi connectivity index (χ4n) is 4.18. The van der Waals surface area contributed by atoms with Gasteiger partial charge in [0.15, 0.2) is 5.13 Å². The SMILES string of the molecule is COCCN(CCOC)S(=O)(=O)c1ccc(C(=O)N(Cc2ccccc2)c2nc3c(OC)ccc(C)c3s2)cc1. The molecule has 11 heteroatoms. The lowest BCUT2D eigenvalue weighted by Crippen LogP contribution is -2.36. The highest BCUT2D eigenvalue weighted by Crippen LogP contribution is 2.37. The maximum atomic E-state index is 13.9. The summed E-state index contributed by atoms with van der Waals surface area (Å²) in [4.78, 5) is 20.4. The van der Waals surface area contributed by atoms with Gasteiger partial charge in [0.25, 0.3) is 5.91 Å². The summed E-state index contributed by atoms with van der Waals surface area (Å²) in [5.41, 5.74) is 3.01. The standard InChI is InChI=1S/C29H33N3O6S2/c1-21-10-15-25(38-4)26-27(21)39-29(30-26)32(20-22-8-6-5-7-9-22)28(33)23-11-13-24(14-12-23)40(34,35)31(16-18-36-2)17-19-37-3/h5-15H,16-20H2,1-4H3. The van der Waals surface area contributed by atoms with E-state index in [9.17, 15) is 13.2 Å². The van der Waals surface area contributed by atoms with Crippen LogP contribution in [0.3, 0.4) is 0 Å². The van der Waals surface area contributed by atoms with Gasteiger partial charge >= 0.3 is 0 Å². The largest absolute Gasteiger partial charge is 0.494 e. The summed E-state index contributed by atoms with van der Waals surface area (Å²) in [6.45, 7) is 3.17. The van der Waals surface area contributed by atoms with E-state index in [0.29, 0.717) is 28.5 Å². The zero-order valence-electron chi connectivity index (χ0n) is 23.0. The number of thiazole rings is 1. The Kier molecular flexibility index (Phi) is 9.88. The Bertz CT molecular complexity index is 1530. The third-order valence-corrected chi connectivity index (χ3v) is 9.53. The van der Waals surface area contributed by atoms with Crippen LogP contribution in [0, 0.1) is 6.92 Å². The van der Waals surface area contributed by atoms with Crippen LogP contribution in [0.1, 0.15) is 21.5 Å². The van der Waals surface area contributed by atoms with Crippen molar-refractivity contribution < 1.29 is 27.4 Å². The molecule has 4 aromatic rings. The molecule has 0 saturated heterocycles. The number of methoxy groups -OCH3 is 3. The zero-order valence-corrected chi connectivity index (χ0v) is 24.6. The number of anilines is 1. The quantitative estimate of drug-likeness (QED) is 0.224. The van der Waals surface area contributed by atoms with E-state index in [1.165, 1.54) is 54.1 Å². The van der Waals surface area contributed by atoms with Crippen molar-refractivity contribution in [1.29, 1.82) is 0 Å². The molecule has 0 radical (unpaired) electrons. The highest BCUT2D eigenvalue weighted by molar-refractivity contribution is 7.89. The van der Waals surface area contributed by atoms with Crippen molar-refractivity contribution in [3.05, 3.63) is 83.4 Å². The summed E-state index contributed by atoms with van der Waals surface area (Å²) >= 11 is 1.42. The monoisotopic (exact) mass is 583 g/mol. The molecule has 0 aliphatic carbocycles. The molecule has 0 spiro atoms. The van der Waals surface area contributed by atoms with Gasteiger partial charge in [0.2, 0.25) is 10.0 Å². The van der Waals surface area contributed by atoms with Gasteiger partial charge in [-0.25, -0.2) is 13.4 Å². The molecule has 4 rings (SSSR count). The molecule has 0 unspecified atom stereocenters. The van der Waals surface area contributed by atoms with E-state index >= 15 is 0 Å². The normalized spacial score (nSPS) is 11.7. The summed E-state index contributed by atoms with van der Waals surface area (Å²) in [7, 11) is 0.819. The number of ether oxygens (including phenoxy) is 3.